The summed E-state index contributed by atoms with van der Waals surface area (Å²) >= 11 is 5.17. The van der Waals surface area contributed by atoms with Crippen LogP contribution in [0.4, 0.5) is 4.79 Å². The van der Waals surface area contributed by atoms with Gasteiger partial charge in [0.2, 0.25) is 0 Å². The molecule has 0 spiro atoms. The molecule has 0 aliphatic rings. The van der Waals surface area contributed by atoms with E-state index in [0.29, 0.717) is 7.28 Å². The zero-order valence-corrected chi connectivity index (χ0v) is 7.14. The highest BCUT2D eigenvalue weighted by molar-refractivity contribution is 7.04. The van der Waals surface area contributed by atoms with E-state index in [1.54, 1.807) is 0 Å². The highest BCUT2D eigenvalue weighted by atomic mass is 35.5. The minimum absolute atomic E-state index is 0. The Hall–Kier alpha value is -0.835. The number of carbonyl (C=O) groups is 1. The summed E-state index contributed by atoms with van der Waals surface area (Å²) in [7, 11) is 0.322. The van der Waals surface area contributed by atoms with Crippen LogP contribution < -0.4 is 5.46 Å². The second-order valence-corrected chi connectivity index (χ2v) is 2.44. The number of rotatable bonds is 2. The number of benzene rings is 1. The van der Waals surface area contributed by atoms with Gasteiger partial charge in [-0.2, -0.15) is 0 Å². The van der Waals surface area contributed by atoms with Gasteiger partial charge in [0.15, 0.2) is 5.14 Å². The highest BCUT2D eigenvalue weighted by Gasteiger charge is 1.99. The van der Waals surface area contributed by atoms with Crippen molar-refractivity contribution in [3.63, 3.8) is 0 Å². The van der Waals surface area contributed by atoms with Crippen LogP contribution in [0.25, 0.3) is 0 Å². The summed E-state index contributed by atoms with van der Waals surface area (Å²) in [5, 5.41) is -0.314. The van der Waals surface area contributed by atoms with Crippen molar-refractivity contribution in [2.24, 2.45) is 0 Å². The Morgan fingerprint density at radius 1 is 1.17 bits per heavy atom. The molecule has 0 radical (unpaired) electrons. The largest absolute Gasteiger partial charge is 0.412 e. The molecule has 3 nitrogen and oxygen atoms in total. The number of carbonyl (C=O) groups excluding carboxylic acids is 1. The molecule has 1 rings (SSSR count). The van der Waals surface area contributed by atoms with E-state index < -0.39 is 0 Å². The van der Waals surface area contributed by atoms with Gasteiger partial charge >= 0.3 is 0 Å². The molecule has 0 fully saturated rings. The van der Waals surface area contributed by atoms with Gasteiger partial charge in [-0.05, 0) is 0 Å². The van der Waals surface area contributed by atoms with Gasteiger partial charge in [0, 0.05) is 0 Å². The first-order valence-corrected chi connectivity index (χ1v) is 3.39. The SMILES string of the molecule is O.O.O=C(Cl)Bc1ccccc1. The Bertz CT molecular complexity index is 227. The Balaban J connectivity index is 0. The molecule has 0 atom stereocenters. The van der Waals surface area contributed by atoms with Crippen LogP contribution >= 0.6 is 11.6 Å². The molecule has 0 heterocycles. The third kappa shape index (κ3) is 4.90. The van der Waals surface area contributed by atoms with Crippen molar-refractivity contribution in [1.29, 1.82) is 0 Å². The van der Waals surface area contributed by atoms with Crippen LogP contribution in [0.15, 0.2) is 30.3 Å². The first-order valence-electron chi connectivity index (χ1n) is 3.01. The lowest BCUT2D eigenvalue weighted by molar-refractivity contribution is 0.274. The van der Waals surface area contributed by atoms with Crippen molar-refractivity contribution < 1.29 is 15.7 Å². The van der Waals surface area contributed by atoms with Gasteiger partial charge in [-0.15, -0.1) is 0 Å². The topological polar surface area (TPSA) is 80.1 Å². The maximum atomic E-state index is 10.4. The summed E-state index contributed by atoms with van der Waals surface area (Å²) in [6.07, 6.45) is 0. The van der Waals surface area contributed by atoms with Crippen LogP contribution in [0.2, 0.25) is 0 Å². The molecule has 1 aromatic rings. The van der Waals surface area contributed by atoms with E-state index in [1.165, 1.54) is 0 Å². The van der Waals surface area contributed by atoms with Crippen LogP contribution in [-0.4, -0.2) is 23.4 Å². The fourth-order valence-electron chi connectivity index (χ4n) is 0.756. The minimum atomic E-state index is -0.314. The fraction of sp³-hybridized carbons (Fsp3) is 0. The Morgan fingerprint density at radius 3 is 2.08 bits per heavy atom. The molecule has 1 aromatic carbocycles. The maximum Gasteiger partial charge on any atom is 0.260 e. The molecule has 5 heteroatoms. The smallest absolute Gasteiger partial charge is 0.260 e. The van der Waals surface area contributed by atoms with Crippen molar-refractivity contribution in [2.45, 2.75) is 0 Å². The minimum Gasteiger partial charge on any atom is -0.412 e. The molecule has 0 aromatic heterocycles. The summed E-state index contributed by atoms with van der Waals surface area (Å²) in [6.45, 7) is 0. The van der Waals surface area contributed by atoms with E-state index in [-0.39, 0.29) is 16.1 Å². The van der Waals surface area contributed by atoms with Crippen LogP contribution in [0.1, 0.15) is 0 Å². The van der Waals surface area contributed by atoms with E-state index in [1.807, 2.05) is 30.3 Å². The first kappa shape index (κ1) is 13.7. The molecule has 12 heavy (non-hydrogen) atoms. The summed E-state index contributed by atoms with van der Waals surface area (Å²) in [6, 6.07) is 9.42. The standard InChI is InChI=1S/C7H6BClO.2H2O/c9-7(10)8-6-4-2-1-3-5-6;;/h1-5,8H;2*1H2. The molecular formula is C7H10BClO3. The van der Waals surface area contributed by atoms with E-state index in [0.717, 1.165) is 5.46 Å². The second kappa shape index (κ2) is 6.85. The molecule has 0 aliphatic heterocycles. The molecule has 0 aliphatic carbocycles. The highest BCUT2D eigenvalue weighted by Crippen LogP contribution is 1.84. The average Bonchev–Trinajstić information content (AvgIpc) is 1.88. The van der Waals surface area contributed by atoms with Gasteiger partial charge in [0.25, 0.3) is 7.28 Å². The molecule has 4 N–H and O–H groups in total. The molecule has 0 amide bonds. The molecule has 0 saturated heterocycles. The van der Waals surface area contributed by atoms with Crippen molar-refractivity contribution in [2.75, 3.05) is 0 Å². The molecular weight excluding hydrogens is 178 g/mol. The fourth-order valence-corrected chi connectivity index (χ4v) is 0.911. The van der Waals surface area contributed by atoms with Gasteiger partial charge in [-0.25, -0.2) is 0 Å². The monoisotopic (exact) mass is 188 g/mol. The first-order chi connectivity index (χ1) is 4.79. The third-order valence-corrected chi connectivity index (χ3v) is 1.32. The Morgan fingerprint density at radius 2 is 1.67 bits per heavy atom. The summed E-state index contributed by atoms with van der Waals surface area (Å²) in [4.78, 5) is 10.4. The molecule has 66 valence electrons. The third-order valence-electron chi connectivity index (χ3n) is 1.19. The van der Waals surface area contributed by atoms with E-state index in [4.69, 9.17) is 11.6 Å². The summed E-state index contributed by atoms with van der Waals surface area (Å²) in [5.74, 6) is 0. The second-order valence-electron chi connectivity index (χ2n) is 2.02. The van der Waals surface area contributed by atoms with Gasteiger partial charge in [-0.1, -0.05) is 47.4 Å². The van der Waals surface area contributed by atoms with Crippen LogP contribution in [0.5, 0.6) is 0 Å². The average molecular weight is 188 g/mol. The van der Waals surface area contributed by atoms with Gasteiger partial charge in [0.05, 0.1) is 0 Å². The molecule has 0 unspecified atom stereocenters. The van der Waals surface area contributed by atoms with Crippen molar-refractivity contribution >= 4 is 29.5 Å². The predicted octanol–water partition coefficient (Wildman–Crippen LogP) is -0.542. The lowest BCUT2D eigenvalue weighted by Crippen LogP contribution is -2.17. The van der Waals surface area contributed by atoms with E-state index in [2.05, 4.69) is 0 Å². The number of halogens is 1. The quantitative estimate of drug-likeness (QED) is 0.453. The Kier molecular flexibility index (Phi) is 7.84. The number of hydrogen-bond acceptors (Lipinski definition) is 1. The van der Waals surface area contributed by atoms with Crippen molar-refractivity contribution in [3.8, 4) is 0 Å². The lowest BCUT2D eigenvalue weighted by atomic mass is 9.72. The normalized spacial score (nSPS) is 7.42. The summed E-state index contributed by atoms with van der Waals surface area (Å²) < 4.78 is 0. The van der Waals surface area contributed by atoms with Crippen LogP contribution in [0, 0.1) is 0 Å². The molecule has 0 bridgehead atoms. The van der Waals surface area contributed by atoms with E-state index in [9.17, 15) is 4.79 Å². The summed E-state index contributed by atoms with van der Waals surface area (Å²) in [5.41, 5.74) is 0.961. The zero-order valence-electron chi connectivity index (χ0n) is 6.38. The van der Waals surface area contributed by atoms with Gasteiger partial charge in [0.1, 0.15) is 0 Å². The Labute approximate surface area is 76.2 Å². The lowest BCUT2D eigenvalue weighted by Gasteiger charge is -1.90. The predicted molar refractivity (Wildman–Crippen MR) is 51.7 cm³/mol. The van der Waals surface area contributed by atoms with Crippen LogP contribution in [-0.2, 0) is 0 Å². The zero-order chi connectivity index (χ0) is 7.40. The van der Waals surface area contributed by atoms with E-state index >= 15 is 0 Å². The maximum absolute atomic E-state index is 10.4. The van der Waals surface area contributed by atoms with Crippen molar-refractivity contribution in [3.05, 3.63) is 30.3 Å². The molecule has 0 saturated carbocycles. The number of hydrogen-bond donors (Lipinski definition) is 0. The van der Waals surface area contributed by atoms with Crippen LogP contribution in [0.3, 0.4) is 0 Å². The van der Waals surface area contributed by atoms with Gasteiger partial charge in [-0.3, -0.25) is 4.79 Å². The van der Waals surface area contributed by atoms with Gasteiger partial charge < -0.3 is 11.0 Å². The van der Waals surface area contributed by atoms with Crippen molar-refractivity contribution in [1.82, 2.24) is 0 Å².